The Labute approximate surface area is 135 Å². The first-order valence-electron chi connectivity index (χ1n) is 4.89. The Morgan fingerprint density at radius 1 is 0.882 bits per heavy atom. The van der Waals surface area contributed by atoms with Gasteiger partial charge in [-0.15, -0.1) is 7.92 Å². The molecule has 0 radical (unpaired) electrons. The zero-order valence-corrected chi connectivity index (χ0v) is 14.5. The fourth-order valence-corrected chi connectivity index (χ4v) is 2.01. The summed E-state index contributed by atoms with van der Waals surface area (Å²) in [6, 6.07) is 0. The van der Waals surface area contributed by atoms with Crippen molar-refractivity contribution in [1.29, 1.82) is 0 Å². The van der Waals surface area contributed by atoms with Crippen LogP contribution in [0.25, 0.3) is 0 Å². The van der Waals surface area contributed by atoms with Gasteiger partial charge in [0.15, 0.2) is 0 Å². The molecule has 0 rings (SSSR count). The second kappa shape index (κ2) is 25.4. The second-order valence-corrected chi connectivity index (χ2v) is 5.84. The van der Waals surface area contributed by atoms with E-state index in [-0.39, 0.29) is 43.2 Å². The molecule has 2 N–H and O–H groups in total. The Morgan fingerprint density at radius 3 is 1.00 bits per heavy atom. The minimum absolute atomic E-state index is 0. The molecule has 0 aromatic rings. The van der Waals surface area contributed by atoms with E-state index in [1.165, 1.54) is 18.5 Å². The van der Waals surface area contributed by atoms with Gasteiger partial charge >= 0.3 is 37.7 Å². The Morgan fingerprint density at radius 2 is 1.00 bits per heavy atom. The SMILES string of the molecule is CC(=O)[O-].CC(=O)[O-].CCP(CC)CC.O.[Ca+2]. The molecule has 0 heterocycles. The van der Waals surface area contributed by atoms with Crippen LogP contribution < -0.4 is 10.2 Å². The zero-order valence-electron chi connectivity index (χ0n) is 11.4. The zero-order chi connectivity index (χ0) is 12.9. The Kier molecular flexibility index (Phi) is 45.7. The van der Waals surface area contributed by atoms with Gasteiger partial charge in [-0.25, -0.2) is 0 Å². The van der Waals surface area contributed by atoms with Gasteiger partial charge in [-0.05, 0) is 32.3 Å². The number of carbonyl (C=O) groups is 2. The molecule has 5 nitrogen and oxygen atoms in total. The van der Waals surface area contributed by atoms with Crippen LogP contribution in [0.3, 0.4) is 0 Å². The summed E-state index contributed by atoms with van der Waals surface area (Å²) in [7, 11) is 0.446. The molecule has 0 bridgehead atoms. The normalized spacial score (nSPS) is 7.18. The van der Waals surface area contributed by atoms with Gasteiger partial charge < -0.3 is 25.3 Å². The molecule has 0 atom stereocenters. The van der Waals surface area contributed by atoms with Gasteiger partial charge in [0, 0.05) is 11.9 Å². The molecule has 7 heteroatoms. The van der Waals surface area contributed by atoms with E-state index in [1.54, 1.807) is 0 Å². The number of carbonyl (C=O) groups excluding carboxylic acids is 2. The monoisotopic (exact) mass is 294 g/mol. The van der Waals surface area contributed by atoms with Crippen LogP contribution in [0.15, 0.2) is 0 Å². The number of hydrogen-bond donors (Lipinski definition) is 0. The molecule has 0 amide bonds. The van der Waals surface area contributed by atoms with Gasteiger partial charge in [0.2, 0.25) is 0 Å². The summed E-state index contributed by atoms with van der Waals surface area (Å²) in [4.78, 5) is 17.8. The van der Waals surface area contributed by atoms with Crippen molar-refractivity contribution in [2.24, 2.45) is 0 Å². The van der Waals surface area contributed by atoms with Crippen molar-refractivity contribution in [2.75, 3.05) is 18.5 Å². The van der Waals surface area contributed by atoms with Crippen LogP contribution in [0, 0.1) is 0 Å². The Hall–Kier alpha value is 0.590. The predicted molar refractivity (Wildman–Crippen MR) is 69.3 cm³/mol. The number of carboxylic acids is 2. The minimum atomic E-state index is -1.08. The number of rotatable bonds is 3. The quantitative estimate of drug-likeness (QED) is 0.482. The molecule has 100 valence electrons. The van der Waals surface area contributed by atoms with E-state index in [1.807, 2.05) is 0 Å². The minimum Gasteiger partial charge on any atom is -0.550 e. The van der Waals surface area contributed by atoms with E-state index >= 15 is 0 Å². The smallest absolute Gasteiger partial charge is 0.550 e. The maximum Gasteiger partial charge on any atom is 2.00 e. The fraction of sp³-hybridized carbons (Fsp3) is 0.800. The van der Waals surface area contributed by atoms with Crippen LogP contribution in [0.5, 0.6) is 0 Å². The first-order chi connectivity index (χ1) is 6.81. The molecule has 0 aliphatic carbocycles. The molecule has 0 aliphatic rings. The third kappa shape index (κ3) is 81.3. The Balaban J connectivity index is -0.0000000425. The van der Waals surface area contributed by atoms with E-state index in [9.17, 15) is 0 Å². The van der Waals surface area contributed by atoms with Crippen molar-refractivity contribution < 1.29 is 25.3 Å². The topological polar surface area (TPSA) is 112 Å². The largest absolute Gasteiger partial charge is 2.00 e. The number of aliphatic carboxylic acids is 2. The van der Waals surface area contributed by atoms with Crippen molar-refractivity contribution in [3.05, 3.63) is 0 Å². The third-order valence-electron chi connectivity index (χ3n) is 1.34. The second-order valence-electron chi connectivity index (χ2n) is 2.60. The molecule has 0 unspecified atom stereocenters. The van der Waals surface area contributed by atoms with E-state index < -0.39 is 11.9 Å². The Bertz CT molecular complexity index is 137. The van der Waals surface area contributed by atoms with Crippen molar-refractivity contribution in [3.8, 4) is 0 Å². The van der Waals surface area contributed by atoms with Crippen molar-refractivity contribution >= 4 is 57.6 Å². The van der Waals surface area contributed by atoms with Gasteiger partial charge in [0.1, 0.15) is 0 Å². The molecule has 0 spiro atoms. The van der Waals surface area contributed by atoms with E-state index in [0.29, 0.717) is 7.92 Å². The average Bonchev–Trinajstić information content (AvgIpc) is 2.05. The van der Waals surface area contributed by atoms with E-state index in [2.05, 4.69) is 20.8 Å². The molecule has 0 saturated heterocycles. The molecule has 0 aromatic heterocycles. The number of carboxylic acid groups (broad SMARTS) is 2. The molecule has 0 saturated carbocycles. The van der Waals surface area contributed by atoms with Crippen LogP contribution in [-0.4, -0.2) is 73.6 Å². The van der Waals surface area contributed by atoms with Gasteiger partial charge in [-0.3, -0.25) is 0 Å². The van der Waals surface area contributed by atoms with E-state index in [4.69, 9.17) is 19.8 Å². The van der Waals surface area contributed by atoms with Crippen LogP contribution >= 0.6 is 7.92 Å². The van der Waals surface area contributed by atoms with Crippen molar-refractivity contribution in [1.82, 2.24) is 0 Å². The summed E-state index contributed by atoms with van der Waals surface area (Å²) in [5.41, 5.74) is 0. The summed E-state index contributed by atoms with van der Waals surface area (Å²) >= 11 is 0. The van der Waals surface area contributed by atoms with Crippen molar-refractivity contribution in [2.45, 2.75) is 34.6 Å². The average molecular weight is 294 g/mol. The van der Waals surface area contributed by atoms with E-state index in [0.717, 1.165) is 13.8 Å². The first kappa shape index (κ1) is 30.5. The number of hydrogen-bond acceptors (Lipinski definition) is 4. The van der Waals surface area contributed by atoms with Crippen molar-refractivity contribution in [3.63, 3.8) is 0 Å². The molecule has 17 heavy (non-hydrogen) atoms. The van der Waals surface area contributed by atoms with Gasteiger partial charge in [-0.2, -0.15) is 0 Å². The molecule has 0 aromatic carbocycles. The summed E-state index contributed by atoms with van der Waals surface area (Å²) < 4.78 is 0. The maximum absolute atomic E-state index is 8.89. The van der Waals surface area contributed by atoms with Gasteiger partial charge in [0.05, 0.1) is 0 Å². The summed E-state index contributed by atoms with van der Waals surface area (Å²) in [6.07, 6.45) is 4.26. The summed E-state index contributed by atoms with van der Waals surface area (Å²) in [6.45, 7) is 8.82. The maximum atomic E-state index is 8.89. The predicted octanol–water partition coefficient (Wildman–Crippen LogP) is -1.17. The molecule has 0 fully saturated rings. The third-order valence-corrected chi connectivity index (χ3v) is 4.02. The standard InChI is InChI=1S/C6H15P.2C2H4O2.Ca.H2O/c1-4-7(5-2)6-3;2*1-2(3)4;;/h4-6H2,1-3H3;2*1H3,(H,3,4);;1H2/q;;;+2;/p-2. The summed E-state index contributed by atoms with van der Waals surface area (Å²) in [5.74, 6) is -2.17. The van der Waals surface area contributed by atoms with Crippen LogP contribution in [0.2, 0.25) is 0 Å². The first-order valence-corrected chi connectivity index (χ1v) is 6.78. The molecular formula is C10H23CaO5P. The fourth-order valence-electron chi connectivity index (χ4n) is 0.671. The molecule has 0 aliphatic heterocycles. The van der Waals surface area contributed by atoms with Crippen LogP contribution in [-0.2, 0) is 9.59 Å². The van der Waals surface area contributed by atoms with Gasteiger partial charge in [-0.1, -0.05) is 20.8 Å². The molecular weight excluding hydrogens is 271 g/mol. The van der Waals surface area contributed by atoms with Gasteiger partial charge in [0.25, 0.3) is 0 Å². The van der Waals surface area contributed by atoms with Crippen LogP contribution in [0.4, 0.5) is 0 Å². The van der Waals surface area contributed by atoms with Crippen LogP contribution in [0.1, 0.15) is 34.6 Å². The summed E-state index contributed by atoms with van der Waals surface area (Å²) in [5, 5.41) is 17.8.